The Balaban J connectivity index is 3.12. The van der Waals surface area contributed by atoms with Gasteiger partial charge in [0.05, 0.1) is 6.07 Å². The maximum atomic E-state index is 12.0. The third-order valence-corrected chi connectivity index (χ3v) is 3.31. The third-order valence-electron chi connectivity index (χ3n) is 3.31. The summed E-state index contributed by atoms with van der Waals surface area (Å²) in [5.74, 6) is -0.0690. The van der Waals surface area contributed by atoms with E-state index in [1.165, 1.54) is 6.92 Å². The number of carbonyl (C=O) groups excluding carboxylic acids is 1. The summed E-state index contributed by atoms with van der Waals surface area (Å²) < 4.78 is 0. The molecule has 2 nitrogen and oxygen atoms in total. The van der Waals surface area contributed by atoms with Gasteiger partial charge in [-0.2, -0.15) is 5.26 Å². The Hall–Kier alpha value is -1.62. The van der Waals surface area contributed by atoms with E-state index in [4.69, 9.17) is 0 Å². The number of hydrogen-bond acceptors (Lipinski definition) is 2. The maximum Gasteiger partial charge on any atom is 0.154 e. The maximum absolute atomic E-state index is 12.0. The Labute approximate surface area is 110 Å². The fourth-order valence-electron chi connectivity index (χ4n) is 2.01. The van der Waals surface area contributed by atoms with Crippen LogP contribution in [0.1, 0.15) is 46.1 Å². The lowest BCUT2D eigenvalue weighted by molar-refractivity contribution is -0.121. The highest BCUT2D eigenvalue weighted by Crippen LogP contribution is 2.34. The fraction of sp³-hybridized carbons (Fsp3) is 0.500. The van der Waals surface area contributed by atoms with Crippen LogP contribution in [0.5, 0.6) is 0 Å². The zero-order valence-electron chi connectivity index (χ0n) is 11.7. The SMILES string of the molecule is CC(=O)C(C#N)(CCC(C)(C)C)c1ccccc1. The van der Waals surface area contributed by atoms with Crippen molar-refractivity contribution in [1.82, 2.24) is 0 Å². The van der Waals surface area contributed by atoms with Crippen LogP contribution in [0.4, 0.5) is 0 Å². The van der Waals surface area contributed by atoms with Gasteiger partial charge < -0.3 is 0 Å². The quantitative estimate of drug-likeness (QED) is 0.805. The van der Waals surface area contributed by atoms with Gasteiger partial charge in [-0.1, -0.05) is 51.1 Å². The van der Waals surface area contributed by atoms with Crippen LogP contribution in [0.15, 0.2) is 30.3 Å². The summed E-state index contributed by atoms with van der Waals surface area (Å²) in [6.45, 7) is 7.89. The number of nitriles is 1. The number of rotatable bonds is 4. The van der Waals surface area contributed by atoms with E-state index in [1.54, 1.807) is 0 Å². The molecule has 0 spiro atoms. The first-order chi connectivity index (χ1) is 8.32. The molecule has 2 heteroatoms. The lowest BCUT2D eigenvalue weighted by Crippen LogP contribution is -2.33. The lowest BCUT2D eigenvalue weighted by Gasteiger charge is -2.28. The zero-order chi connectivity index (χ0) is 13.8. The molecule has 0 saturated heterocycles. The molecular formula is C16H21NO. The second kappa shape index (κ2) is 5.35. The van der Waals surface area contributed by atoms with Crippen LogP contribution in [0, 0.1) is 16.7 Å². The van der Waals surface area contributed by atoms with Gasteiger partial charge in [0.25, 0.3) is 0 Å². The van der Waals surface area contributed by atoms with Gasteiger partial charge in [-0.25, -0.2) is 0 Å². The summed E-state index contributed by atoms with van der Waals surface area (Å²) in [5.41, 5.74) is -0.0646. The molecule has 18 heavy (non-hydrogen) atoms. The highest BCUT2D eigenvalue weighted by atomic mass is 16.1. The van der Waals surface area contributed by atoms with Gasteiger partial charge in [0.1, 0.15) is 5.41 Å². The Morgan fingerprint density at radius 2 is 1.72 bits per heavy atom. The highest BCUT2D eigenvalue weighted by molar-refractivity contribution is 5.91. The molecule has 0 N–H and O–H groups in total. The minimum absolute atomic E-state index is 0.0690. The van der Waals surface area contributed by atoms with Crippen molar-refractivity contribution in [3.8, 4) is 6.07 Å². The van der Waals surface area contributed by atoms with Crippen LogP contribution in [-0.2, 0) is 10.2 Å². The van der Waals surface area contributed by atoms with E-state index in [9.17, 15) is 10.1 Å². The number of nitrogens with zero attached hydrogens (tertiary/aromatic N) is 1. The van der Waals surface area contributed by atoms with Gasteiger partial charge in [0.15, 0.2) is 5.78 Å². The average molecular weight is 243 g/mol. The van der Waals surface area contributed by atoms with E-state index in [2.05, 4.69) is 26.8 Å². The first-order valence-corrected chi connectivity index (χ1v) is 6.30. The molecule has 1 rings (SSSR count). The number of ketones is 1. The van der Waals surface area contributed by atoms with Gasteiger partial charge in [-0.3, -0.25) is 4.79 Å². The number of hydrogen-bond donors (Lipinski definition) is 0. The predicted octanol–water partition coefficient (Wildman–Crippen LogP) is 3.86. The standard InChI is InChI=1S/C16H21NO/c1-13(18)16(12-17,11-10-15(2,3)4)14-8-6-5-7-9-14/h5-9H,10-11H2,1-4H3. The van der Waals surface area contributed by atoms with Gasteiger partial charge >= 0.3 is 0 Å². The summed E-state index contributed by atoms with van der Waals surface area (Å²) in [6.07, 6.45) is 1.42. The van der Waals surface area contributed by atoms with Gasteiger partial charge in [0, 0.05) is 0 Å². The summed E-state index contributed by atoms with van der Waals surface area (Å²) in [4.78, 5) is 12.0. The molecule has 0 aliphatic rings. The van der Waals surface area contributed by atoms with Crippen LogP contribution < -0.4 is 0 Å². The summed E-state index contributed by atoms with van der Waals surface area (Å²) >= 11 is 0. The summed E-state index contributed by atoms with van der Waals surface area (Å²) in [7, 11) is 0. The van der Waals surface area contributed by atoms with E-state index in [0.29, 0.717) is 6.42 Å². The molecule has 1 unspecified atom stereocenters. The highest BCUT2D eigenvalue weighted by Gasteiger charge is 2.38. The molecule has 0 saturated carbocycles. The summed E-state index contributed by atoms with van der Waals surface area (Å²) in [5, 5.41) is 9.53. The van der Waals surface area contributed by atoms with Crippen molar-refractivity contribution in [2.45, 2.75) is 46.0 Å². The van der Waals surface area contributed by atoms with Crippen LogP contribution in [0.25, 0.3) is 0 Å². The van der Waals surface area contributed by atoms with Crippen LogP contribution in [-0.4, -0.2) is 5.78 Å². The molecule has 0 bridgehead atoms. The molecule has 1 aromatic carbocycles. The van der Waals surface area contributed by atoms with Crippen molar-refractivity contribution in [2.75, 3.05) is 0 Å². The first-order valence-electron chi connectivity index (χ1n) is 6.30. The number of Topliss-reactive ketones (excluding diaryl/α,β-unsaturated/α-hetero) is 1. The molecule has 0 fully saturated rings. The average Bonchev–Trinajstić information content (AvgIpc) is 2.30. The fourth-order valence-corrected chi connectivity index (χ4v) is 2.01. The van der Waals surface area contributed by atoms with Crippen LogP contribution in [0.2, 0.25) is 0 Å². The molecule has 0 radical (unpaired) electrons. The number of benzene rings is 1. The Kier molecular flexibility index (Phi) is 4.29. The molecule has 0 aromatic heterocycles. The molecule has 1 atom stereocenters. The largest absolute Gasteiger partial charge is 0.298 e. The van der Waals surface area contributed by atoms with Crippen molar-refractivity contribution in [2.24, 2.45) is 5.41 Å². The van der Waals surface area contributed by atoms with E-state index >= 15 is 0 Å². The van der Waals surface area contributed by atoms with Gasteiger partial charge in [-0.05, 0) is 30.7 Å². The molecule has 0 heterocycles. The minimum atomic E-state index is -0.992. The second-order valence-corrected chi connectivity index (χ2v) is 6.00. The lowest BCUT2D eigenvalue weighted by atomic mass is 9.72. The molecule has 1 aromatic rings. The topological polar surface area (TPSA) is 40.9 Å². The molecule has 0 aliphatic heterocycles. The number of carbonyl (C=O) groups is 1. The third kappa shape index (κ3) is 3.20. The monoisotopic (exact) mass is 243 g/mol. The molecule has 96 valence electrons. The minimum Gasteiger partial charge on any atom is -0.298 e. The predicted molar refractivity (Wildman–Crippen MR) is 73.1 cm³/mol. The normalized spacial score (nSPS) is 14.6. The van der Waals surface area contributed by atoms with Crippen LogP contribution >= 0.6 is 0 Å². The van der Waals surface area contributed by atoms with E-state index in [1.807, 2.05) is 30.3 Å². The van der Waals surface area contributed by atoms with E-state index < -0.39 is 5.41 Å². The second-order valence-electron chi connectivity index (χ2n) is 6.00. The van der Waals surface area contributed by atoms with Gasteiger partial charge in [0.2, 0.25) is 0 Å². The molecule has 0 aliphatic carbocycles. The zero-order valence-corrected chi connectivity index (χ0v) is 11.7. The smallest absolute Gasteiger partial charge is 0.154 e. The van der Waals surface area contributed by atoms with Crippen molar-refractivity contribution in [3.63, 3.8) is 0 Å². The Morgan fingerprint density at radius 3 is 2.11 bits per heavy atom. The van der Waals surface area contributed by atoms with Crippen LogP contribution in [0.3, 0.4) is 0 Å². The van der Waals surface area contributed by atoms with Crippen molar-refractivity contribution >= 4 is 5.78 Å². The molecular weight excluding hydrogens is 222 g/mol. The van der Waals surface area contributed by atoms with Crippen molar-refractivity contribution in [1.29, 1.82) is 5.26 Å². The van der Waals surface area contributed by atoms with Crippen molar-refractivity contribution in [3.05, 3.63) is 35.9 Å². The van der Waals surface area contributed by atoms with E-state index in [-0.39, 0.29) is 11.2 Å². The van der Waals surface area contributed by atoms with Crippen molar-refractivity contribution < 1.29 is 4.79 Å². The summed E-state index contributed by atoms with van der Waals surface area (Å²) in [6, 6.07) is 11.6. The molecule has 0 amide bonds. The Morgan fingerprint density at radius 1 is 1.17 bits per heavy atom. The Bertz CT molecular complexity index is 450. The first kappa shape index (κ1) is 14.4. The van der Waals surface area contributed by atoms with E-state index in [0.717, 1.165) is 12.0 Å². The van der Waals surface area contributed by atoms with Gasteiger partial charge in [-0.15, -0.1) is 0 Å².